The van der Waals surface area contributed by atoms with Crippen LogP contribution in [-0.2, 0) is 28.8 Å². The van der Waals surface area contributed by atoms with Crippen molar-refractivity contribution < 1.29 is 59.4 Å². The van der Waals surface area contributed by atoms with Crippen molar-refractivity contribution in [2.24, 2.45) is 17.2 Å². The fourth-order valence-corrected chi connectivity index (χ4v) is 1.17. The molecule has 0 heterocycles. The van der Waals surface area contributed by atoms with E-state index in [0.29, 0.717) is 0 Å². The summed E-state index contributed by atoms with van der Waals surface area (Å²) in [6.45, 7) is 0. The summed E-state index contributed by atoms with van der Waals surface area (Å²) >= 11 is 0. The average Bonchev–Trinajstić information content (AvgIpc) is 2.62. The van der Waals surface area contributed by atoms with Crippen LogP contribution in [-0.4, -0.2) is 88.7 Å². The summed E-state index contributed by atoms with van der Waals surface area (Å²) in [5.41, 5.74) is 14.7. The summed E-state index contributed by atoms with van der Waals surface area (Å²) in [5.74, 6) is -8.26. The first kappa shape index (κ1) is 40.2. The molecule has 0 saturated heterocycles. The topological polar surface area (TPSA) is 319 Å². The molecule has 0 spiro atoms. The van der Waals surface area contributed by atoms with Gasteiger partial charge in [0.15, 0.2) is 0 Å². The van der Waals surface area contributed by atoms with Gasteiger partial charge in [-0.15, -0.1) is 0 Å². The molecule has 0 amide bonds. The molecule has 6 N–H and O–H groups in total. The summed E-state index contributed by atoms with van der Waals surface area (Å²) in [4.78, 5) is 58.8. The Morgan fingerprint density at radius 1 is 0.469 bits per heavy atom. The van der Waals surface area contributed by atoms with E-state index < -0.39 is 53.9 Å². The molecule has 0 aliphatic rings. The second kappa shape index (κ2) is 23.4. The average molecular weight is 489 g/mol. The molecule has 3 atom stereocenters. The van der Waals surface area contributed by atoms with Crippen molar-refractivity contribution in [3.63, 3.8) is 0 Å². The minimum absolute atomic E-state index is 0. The molecule has 15 nitrogen and oxygen atoms in total. The van der Waals surface area contributed by atoms with E-state index in [1.807, 2.05) is 0 Å². The molecule has 0 aromatic heterocycles. The van der Waals surface area contributed by atoms with Crippen molar-refractivity contribution in [1.29, 1.82) is 0 Å². The number of carbonyl (C=O) groups is 6. The number of nitrogens with two attached hydrogens (primary N) is 3. The molecule has 32 heavy (non-hydrogen) atoms. The van der Waals surface area contributed by atoms with E-state index in [1.54, 1.807) is 0 Å². The van der Waals surface area contributed by atoms with Crippen molar-refractivity contribution in [2.45, 2.75) is 56.7 Å². The van der Waals surface area contributed by atoms with Crippen LogP contribution in [0, 0.1) is 0 Å². The van der Waals surface area contributed by atoms with Crippen molar-refractivity contribution in [3.05, 3.63) is 0 Å². The SMILES string of the molecule is N[C@@H](CCC(=O)[O-])C(=O)[O-].N[C@@H](CCC(=O)[O-])C(=O)[O-].N[C@@H](CCC(=O)[O-])C(=O)[O-].[Al+3].[Al+3]. The maximum absolute atomic E-state index is 9.86. The van der Waals surface area contributed by atoms with Crippen LogP contribution in [0.25, 0.3) is 0 Å². The number of rotatable bonds is 12. The van der Waals surface area contributed by atoms with Gasteiger partial charge in [-0.1, -0.05) is 0 Å². The largest absolute Gasteiger partial charge is 3.00 e. The first-order valence-corrected chi connectivity index (χ1v) is 8.10. The van der Waals surface area contributed by atoms with Gasteiger partial charge < -0.3 is 76.6 Å². The Labute approximate surface area is 203 Å². The first-order valence-electron chi connectivity index (χ1n) is 8.10. The van der Waals surface area contributed by atoms with E-state index >= 15 is 0 Å². The van der Waals surface area contributed by atoms with Gasteiger partial charge >= 0.3 is 34.7 Å². The zero-order valence-corrected chi connectivity index (χ0v) is 19.1. The van der Waals surface area contributed by atoms with Gasteiger partial charge in [-0.25, -0.2) is 0 Å². The number of hydrogen-bond donors (Lipinski definition) is 3. The van der Waals surface area contributed by atoms with Gasteiger partial charge in [0.05, 0.1) is 17.9 Å². The van der Waals surface area contributed by atoms with Crippen molar-refractivity contribution >= 4 is 70.5 Å². The van der Waals surface area contributed by atoms with Crippen molar-refractivity contribution in [2.75, 3.05) is 0 Å². The van der Waals surface area contributed by atoms with Crippen LogP contribution in [0.3, 0.4) is 0 Å². The number of carboxylic acids is 6. The van der Waals surface area contributed by atoms with Crippen LogP contribution in [0.5, 0.6) is 0 Å². The minimum atomic E-state index is -1.44. The molecule has 0 saturated carbocycles. The summed E-state index contributed by atoms with van der Waals surface area (Å²) < 4.78 is 0. The summed E-state index contributed by atoms with van der Waals surface area (Å²) in [6, 6.07) is -3.63. The third-order valence-electron chi connectivity index (χ3n) is 2.89. The van der Waals surface area contributed by atoms with Gasteiger partial charge in [0.25, 0.3) is 0 Å². The third kappa shape index (κ3) is 32.4. The predicted molar refractivity (Wildman–Crippen MR) is 93.2 cm³/mol. The maximum Gasteiger partial charge on any atom is 3.00 e. The molecule has 0 aromatic carbocycles. The molecule has 0 aromatic rings. The smallest absolute Gasteiger partial charge is 0.550 e. The van der Waals surface area contributed by atoms with Gasteiger partial charge in [-0.2, -0.15) is 0 Å². The Balaban J connectivity index is -0.000000110. The molecule has 0 aliphatic heterocycles. The van der Waals surface area contributed by atoms with E-state index in [4.69, 9.17) is 17.2 Å². The number of carboxylic acid groups (broad SMARTS) is 6. The first-order chi connectivity index (χ1) is 13.6. The Bertz CT molecular complexity index is 525. The number of aliphatic carboxylic acids is 6. The maximum atomic E-state index is 9.86. The zero-order valence-electron chi connectivity index (χ0n) is 16.8. The molecule has 0 radical (unpaired) electrons. The van der Waals surface area contributed by atoms with Gasteiger partial charge in [0.2, 0.25) is 0 Å². The Morgan fingerprint density at radius 3 is 0.719 bits per heavy atom. The van der Waals surface area contributed by atoms with Gasteiger partial charge in [-0.3, -0.25) is 0 Å². The molecule has 0 rings (SSSR count). The van der Waals surface area contributed by atoms with Gasteiger partial charge in [0, 0.05) is 36.0 Å². The van der Waals surface area contributed by atoms with E-state index in [9.17, 15) is 59.4 Å². The van der Waals surface area contributed by atoms with Crippen LogP contribution >= 0.6 is 0 Å². The molecule has 17 heteroatoms. The molecule has 0 unspecified atom stereocenters. The van der Waals surface area contributed by atoms with Crippen LogP contribution < -0.4 is 47.8 Å². The van der Waals surface area contributed by atoms with Crippen LogP contribution in [0.1, 0.15) is 38.5 Å². The molecule has 0 aliphatic carbocycles. The van der Waals surface area contributed by atoms with E-state index in [-0.39, 0.29) is 73.2 Å². The van der Waals surface area contributed by atoms with Gasteiger partial charge in [0.1, 0.15) is 0 Å². The zero-order chi connectivity index (χ0) is 24.4. The quantitative estimate of drug-likeness (QED) is 0.214. The molecule has 174 valence electrons. The van der Waals surface area contributed by atoms with E-state index in [0.717, 1.165) is 0 Å². The Morgan fingerprint density at radius 2 is 0.625 bits per heavy atom. The normalized spacial score (nSPS) is 11.7. The predicted octanol–water partition coefficient (Wildman–Crippen LogP) is -11.0. The summed E-state index contributed by atoms with van der Waals surface area (Å²) in [7, 11) is 0. The van der Waals surface area contributed by atoms with Crippen molar-refractivity contribution in [1.82, 2.24) is 0 Å². The summed E-state index contributed by atoms with van der Waals surface area (Å²) in [6.07, 6.45) is -1.50. The van der Waals surface area contributed by atoms with Crippen LogP contribution in [0.4, 0.5) is 0 Å². The van der Waals surface area contributed by atoms with Crippen LogP contribution in [0.2, 0.25) is 0 Å². The van der Waals surface area contributed by atoms with E-state index in [1.165, 1.54) is 0 Å². The molecular weight excluding hydrogens is 468 g/mol. The summed E-state index contributed by atoms with van der Waals surface area (Å²) in [5, 5.41) is 58.8. The second-order valence-corrected chi connectivity index (χ2v) is 5.51. The fraction of sp³-hybridized carbons (Fsp3) is 0.600. The van der Waals surface area contributed by atoms with E-state index in [2.05, 4.69) is 0 Å². The molecule has 0 bridgehead atoms. The van der Waals surface area contributed by atoms with Gasteiger partial charge in [-0.05, 0) is 38.5 Å². The van der Waals surface area contributed by atoms with Crippen molar-refractivity contribution in [3.8, 4) is 0 Å². The fourth-order valence-electron chi connectivity index (χ4n) is 1.17. The molecule has 0 fully saturated rings. The monoisotopic (exact) mass is 489 g/mol. The third-order valence-corrected chi connectivity index (χ3v) is 2.89. The Hall–Kier alpha value is -2.24. The Kier molecular flexibility index (Phi) is 29.4. The second-order valence-electron chi connectivity index (χ2n) is 5.51. The standard InChI is InChI=1S/3C5H9NO4.2Al/c3*6-3(5(9)10)1-2-4(7)8;;/h3*3H,1-2,6H2,(H,7,8)(H,9,10);;/q;;;2*+3/p-6/t3*3-;;/m000../s1. The minimum Gasteiger partial charge on any atom is -0.550 e. The van der Waals surface area contributed by atoms with Crippen LogP contribution in [0.15, 0.2) is 0 Å². The number of hydrogen-bond acceptors (Lipinski definition) is 15. The molecular formula is C15H21Al2N3O12. The number of carbonyl (C=O) groups excluding carboxylic acids is 6.